The van der Waals surface area contributed by atoms with Gasteiger partial charge in [-0.2, -0.15) is 0 Å². The molecule has 2 atom stereocenters. The first kappa shape index (κ1) is 22.2. The monoisotopic (exact) mass is 432 g/mol. The van der Waals surface area contributed by atoms with Crippen LogP contribution in [0.5, 0.6) is 5.75 Å². The van der Waals surface area contributed by atoms with Crippen molar-refractivity contribution in [3.8, 4) is 5.75 Å². The Morgan fingerprint density at radius 2 is 1.80 bits per heavy atom. The van der Waals surface area contributed by atoms with E-state index in [1.807, 2.05) is 11.8 Å². The topological polar surface area (TPSA) is 49.9 Å². The van der Waals surface area contributed by atoms with Crippen molar-refractivity contribution < 1.29 is 18.7 Å². The van der Waals surface area contributed by atoms with Crippen molar-refractivity contribution >= 4 is 23.3 Å². The van der Waals surface area contributed by atoms with E-state index in [9.17, 15) is 14.0 Å². The van der Waals surface area contributed by atoms with Gasteiger partial charge in [0.05, 0.1) is 5.56 Å². The Labute approximate surface area is 181 Å². The van der Waals surface area contributed by atoms with Gasteiger partial charge in [-0.05, 0) is 56.7 Å². The highest BCUT2D eigenvalue weighted by molar-refractivity contribution is 6.31. The van der Waals surface area contributed by atoms with Gasteiger partial charge in [0.25, 0.3) is 5.91 Å². The Hall–Kier alpha value is -2.44. The summed E-state index contributed by atoms with van der Waals surface area (Å²) in [6.07, 6.45) is 0. The van der Waals surface area contributed by atoms with Gasteiger partial charge in [-0.15, -0.1) is 0 Å². The van der Waals surface area contributed by atoms with E-state index in [4.69, 9.17) is 16.3 Å². The number of hydrogen-bond donors (Lipinski definition) is 0. The van der Waals surface area contributed by atoms with Gasteiger partial charge >= 0.3 is 0 Å². The molecule has 2 aromatic rings. The molecule has 1 aliphatic heterocycles. The maximum Gasteiger partial charge on any atom is 0.260 e. The van der Waals surface area contributed by atoms with E-state index in [0.29, 0.717) is 36.0 Å². The molecule has 0 saturated carbocycles. The smallest absolute Gasteiger partial charge is 0.260 e. The average Bonchev–Trinajstić information content (AvgIpc) is 2.70. The molecule has 1 heterocycles. The molecule has 30 heavy (non-hydrogen) atoms. The Balaban J connectivity index is 1.60. The third-order valence-electron chi connectivity index (χ3n) is 5.41. The molecule has 1 saturated heterocycles. The molecule has 0 aliphatic carbocycles. The number of ether oxygens (including phenoxy) is 1. The number of ketones is 1. The second-order valence-electron chi connectivity index (χ2n) is 7.79. The third kappa shape index (κ3) is 5.37. The molecule has 7 heteroatoms. The van der Waals surface area contributed by atoms with E-state index in [1.165, 1.54) is 19.1 Å². The molecule has 1 amide bonds. The number of rotatable bonds is 6. The van der Waals surface area contributed by atoms with Crippen LogP contribution in [0.3, 0.4) is 0 Å². The number of benzene rings is 2. The van der Waals surface area contributed by atoms with Crippen molar-refractivity contribution in [2.24, 2.45) is 0 Å². The Morgan fingerprint density at radius 3 is 2.47 bits per heavy atom. The van der Waals surface area contributed by atoms with Crippen LogP contribution >= 0.6 is 11.6 Å². The SMILES string of the molecule is CC(=O)c1cc(Cl)ccc1OCC(=O)N1C[C@H](C)N(Cc2ccc(F)cc2)C[C@H]1C. The van der Waals surface area contributed by atoms with E-state index in [2.05, 4.69) is 11.8 Å². The molecule has 2 aromatic carbocycles. The highest BCUT2D eigenvalue weighted by atomic mass is 35.5. The van der Waals surface area contributed by atoms with Gasteiger partial charge in [0.15, 0.2) is 12.4 Å². The molecule has 0 unspecified atom stereocenters. The maximum atomic E-state index is 13.1. The third-order valence-corrected chi connectivity index (χ3v) is 5.64. The number of halogens is 2. The van der Waals surface area contributed by atoms with Gasteiger partial charge in [0, 0.05) is 36.7 Å². The number of piperazine rings is 1. The van der Waals surface area contributed by atoms with Gasteiger partial charge in [-0.3, -0.25) is 14.5 Å². The minimum absolute atomic E-state index is 0.00948. The maximum absolute atomic E-state index is 13.1. The summed E-state index contributed by atoms with van der Waals surface area (Å²) < 4.78 is 18.8. The van der Waals surface area contributed by atoms with Crippen LogP contribution in [0, 0.1) is 5.82 Å². The van der Waals surface area contributed by atoms with Gasteiger partial charge in [-0.25, -0.2) is 4.39 Å². The minimum atomic E-state index is -0.246. The van der Waals surface area contributed by atoms with Gasteiger partial charge < -0.3 is 9.64 Å². The van der Waals surface area contributed by atoms with Crippen LogP contribution in [0.25, 0.3) is 0 Å². The molecular formula is C23H26ClFN2O3. The van der Waals surface area contributed by atoms with Crippen LogP contribution in [0.2, 0.25) is 5.02 Å². The normalized spacial score (nSPS) is 19.6. The van der Waals surface area contributed by atoms with E-state index in [1.54, 1.807) is 30.3 Å². The number of carbonyl (C=O) groups is 2. The van der Waals surface area contributed by atoms with Crippen LogP contribution in [0.1, 0.15) is 36.7 Å². The molecule has 3 rings (SSSR count). The fraction of sp³-hybridized carbons (Fsp3) is 0.391. The predicted molar refractivity (Wildman–Crippen MR) is 114 cm³/mol. The fourth-order valence-corrected chi connectivity index (χ4v) is 3.89. The summed E-state index contributed by atoms with van der Waals surface area (Å²) in [6, 6.07) is 11.5. The second kappa shape index (κ2) is 9.58. The molecule has 160 valence electrons. The van der Waals surface area contributed by atoms with Crippen molar-refractivity contribution in [1.29, 1.82) is 0 Å². The minimum Gasteiger partial charge on any atom is -0.483 e. The number of hydrogen-bond acceptors (Lipinski definition) is 4. The summed E-state index contributed by atoms with van der Waals surface area (Å²) >= 11 is 5.95. The summed E-state index contributed by atoms with van der Waals surface area (Å²) in [6.45, 7) is 7.36. The average molecular weight is 433 g/mol. The molecule has 0 spiro atoms. The Kier molecular flexibility index (Phi) is 7.10. The van der Waals surface area contributed by atoms with Gasteiger partial charge in [-0.1, -0.05) is 23.7 Å². The molecule has 0 aromatic heterocycles. The van der Waals surface area contributed by atoms with Gasteiger partial charge in [0.1, 0.15) is 11.6 Å². The lowest BCUT2D eigenvalue weighted by Crippen LogP contribution is -2.58. The highest BCUT2D eigenvalue weighted by Gasteiger charge is 2.32. The van der Waals surface area contributed by atoms with Crippen LogP contribution in [-0.2, 0) is 11.3 Å². The summed E-state index contributed by atoms with van der Waals surface area (Å²) in [4.78, 5) is 28.7. The Morgan fingerprint density at radius 1 is 1.10 bits per heavy atom. The summed E-state index contributed by atoms with van der Waals surface area (Å²) in [5.74, 6) is -0.184. The standard InChI is InChI=1S/C23H26ClFN2O3/c1-15-12-27(16(2)11-26(15)13-18-4-7-20(25)8-5-18)23(29)14-30-22-9-6-19(24)10-21(22)17(3)28/h4-10,15-16H,11-14H2,1-3H3/t15-,16+/m0/s1. The van der Waals surface area contributed by atoms with Crippen molar-refractivity contribution in [2.45, 2.75) is 39.4 Å². The largest absolute Gasteiger partial charge is 0.483 e. The highest BCUT2D eigenvalue weighted by Crippen LogP contribution is 2.24. The van der Waals surface area contributed by atoms with Crippen molar-refractivity contribution in [3.05, 3.63) is 64.4 Å². The lowest BCUT2D eigenvalue weighted by Gasteiger charge is -2.44. The summed E-state index contributed by atoms with van der Waals surface area (Å²) in [5, 5.41) is 0.443. The fourth-order valence-electron chi connectivity index (χ4n) is 3.72. The van der Waals surface area contributed by atoms with Crippen LogP contribution in [-0.4, -0.2) is 53.3 Å². The molecule has 0 bridgehead atoms. The van der Waals surface area contributed by atoms with E-state index < -0.39 is 0 Å². The molecule has 1 aliphatic rings. The molecular weight excluding hydrogens is 407 g/mol. The number of nitrogens with zero attached hydrogens (tertiary/aromatic N) is 2. The quantitative estimate of drug-likeness (QED) is 0.642. The van der Waals surface area contributed by atoms with Crippen molar-refractivity contribution in [1.82, 2.24) is 9.80 Å². The number of amides is 1. The lowest BCUT2D eigenvalue weighted by atomic mass is 10.1. The zero-order valence-electron chi connectivity index (χ0n) is 17.4. The van der Waals surface area contributed by atoms with Crippen LogP contribution in [0.15, 0.2) is 42.5 Å². The predicted octanol–water partition coefficient (Wildman–Crippen LogP) is 4.18. The van der Waals surface area contributed by atoms with E-state index >= 15 is 0 Å². The molecule has 0 N–H and O–H groups in total. The summed E-state index contributed by atoms with van der Waals surface area (Å²) in [5.41, 5.74) is 1.40. The second-order valence-corrected chi connectivity index (χ2v) is 8.22. The van der Waals surface area contributed by atoms with E-state index in [-0.39, 0.29) is 36.2 Å². The van der Waals surface area contributed by atoms with Crippen LogP contribution < -0.4 is 4.74 Å². The summed E-state index contributed by atoms with van der Waals surface area (Å²) in [7, 11) is 0. The first-order chi connectivity index (χ1) is 14.2. The van der Waals surface area contributed by atoms with E-state index in [0.717, 1.165) is 5.56 Å². The number of carbonyl (C=O) groups excluding carboxylic acids is 2. The lowest BCUT2D eigenvalue weighted by molar-refractivity contribution is -0.139. The zero-order chi connectivity index (χ0) is 21.8. The first-order valence-electron chi connectivity index (χ1n) is 9.96. The number of Topliss-reactive ketones (excluding diaryl/α,β-unsaturated/α-hetero) is 1. The zero-order valence-corrected chi connectivity index (χ0v) is 18.2. The van der Waals surface area contributed by atoms with Gasteiger partial charge in [0.2, 0.25) is 0 Å². The Bertz CT molecular complexity index is 919. The van der Waals surface area contributed by atoms with Crippen molar-refractivity contribution in [3.63, 3.8) is 0 Å². The molecule has 0 radical (unpaired) electrons. The molecule has 1 fully saturated rings. The van der Waals surface area contributed by atoms with Crippen molar-refractivity contribution in [2.75, 3.05) is 19.7 Å². The molecule has 5 nitrogen and oxygen atoms in total. The van der Waals surface area contributed by atoms with Crippen LogP contribution in [0.4, 0.5) is 4.39 Å². The first-order valence-corrected chi connectivity index (χ1v) is 10.3.